The van der Waals surface area contributed by atoms with E-state index in [1.807, 2.05) is 19.9 Å². The van der Waals surface area contributed by atoms with Gasteiger partial charge >= 0.3 is 5.97 Å². The Bertz CT molecular complexity index is 873. The Labute approximate surface area is 167 Å². The van der Waals surface area contributed by atoms with E-state index < -0.39 is 12.6 Å². The molecular formula is C19H20Cl2N2O4. The second-order valence-corrected chi connectivity index (χ2v) is 7.29. The van der Waals surface area contributed by atoms with Crippen LogP contribution in [0.5, 0.6) is 0 Å². The summed E-state index contributed by atoms with van der Waals surface area (Å²) in [6.45, 7) is 4.93. The van der Waals surface area contributed by atoms with Crippen molar-refractivity contribution < 1.29 is 19.1 Å². The highest BCUT2D eigenvalue weighted by Crippen LogP contribution is 2.21. The van der Waals surface area contributed by atoms with E-state index in [-0.39, 0.29) is 27.8 Å². The summed E-state index contributed by atoms with van der Waals surface area (Å²) in [5.74, 6) is -1.07. The van der Waals surface area contributed by atoms with Gasteiger partial charge in [0.2, 0.25) is 5.78 Å². The zero-order valence-corrected chi connectivity index (χ0v) is 16.6. The molecule has 1 aliphatic rings. The molecule has 0 amide bonds. The number of carbonyl (C=O) groups is 2. The Morgan fingerprint density at radius 3 is 2.81 bits per heavy atom. The van der Waals surface area contributed by atoms with Crippen molar-refractivity contribution in [3.63, 3.8) is 0 Å². The minimum Gasteiger partial charge on any atom is -0.453 e. The standard InChI is InChI=1S/C19H20Cl2N2O4/c1-11-8-14(12(2)23(11)9-13-4-3-7-26-13)16(24)10-27-19(25)18-15(20)5-6-17(21)22-18/h5-6,8,13H,3-4,7,9-10H2,1-2H3. The van der Waals surface area contributed by atoms with E-state index in [2.05, 4.69) is 9.55 Å². The lowest BCUT2D eigenvalue weighted by molar-refractivity contribution is 0.0469. The van der Waals surface area contributed by atoms with Gasteiger partial charge in [0.05, 0.1) is 11.1 Å². The summed E-state index contributed by atoms with van der Waals surface area (Å²) >= 11 is 11.7. The van der Waals surface area contributed by atoms with E-state index in [9.17, 15) is 9.59 Å². The molecule has 2 aromatic rings. The average Bonchev–Trinajstić information content (AvgIpc) is 3.25. The maximum absolute atomic E-state index is 12.6. The molecule has 0 spiro atoms. The van der Waals surface area contributed by atoms with Crippen LogP contribution in [0.2, 0.25) is 10.2 Å². The molecule has 0 aromatic carbocycles. The highest BCUT2D eigenvalue weighted by molar-refractivity contribution is 6.34. The smallest absolute Gasteiger partial charge is 0.359 e. The molecule has 0 N–H and O–H groups in total. The first-order valence-corrected chi connectivity index (χ1v) is 9.43. The summed E-state index contributed by atoms with van der Waals surface area (Å²) < 4.78 is 12.8. The number of nitrogens with zero attached hydrogens (tertiary/aromatic N) is 2. The van der Waals surface area contributed by atoms with E-state index in [0.29, 0.717) is 12.1 Å². The van der Waals surface area contributed by atoms with Gasteiger partial charge in [-0.3, -0.25) is 4.79 Å². The number of ketones is 1. The van der Waals surface area contributed by atoms with Gasteiger partial charge in [0, 0.05) is 30.1 Å². The summed E-state index contributed by atoms with van der Waals surface area (Å²) in [5, 5.41) is 0.238. The third-order valence-electron chi connectivity index (χ3n) is 4.62. The minimum absolute atomic E-state index is 0.110. The van der Waals surface area contributed by atoms with Crippen LogP contribution in [0.25, 0.3) is 0 Å². The third kappa shape index (κ3) is 4.51. The van der Waals surface area contributed by atoms with Crippen LogP contribution < -0.4 is 0 Å². The van der Waals surface area contributed by atoms with Crippen LogP contribution in [0, 0.1) is 13.8 Å². The average molecular weight is 411 g/mol. The van der Waals surface area contributed by atoms with Crippen molar-refractivity contribution in [3.05, 3.63) is 51.0 Å². The number of rotatable bonds is 6. The molecule has 144 valence electrons. The molecule has 27 heavy (non-hydrogen) atoms. The molecule has 3 rings (SSSR count). The van der Waals surface area contributed by atoms with Crippen LogP contribution in [0.3, 0.4) is 0 Å². The van der Waals surface area contributed by atoms with Crippen molar-refractivity contribution in [2.24, 2.45) is 0 Å². The second-order valence-electron chi connectivity index (χ2n) is 6.49. The van der Waals surface area contributed by atoms with Gasteiger partial charge in [-0.1, -0.05) is 23.2 Å². The van der Waals surface area contributed by atoms with E-state index in [4.69, 9.17) is 32.7 Å². The molecule has 0 saturated carbocycles. The lowest BCUT2D eigenvalue weighted by Gasteiger charge is -2.14. The van der Waals surface area contributed by atoms with Crippen molar-refractivity contribution in [1.82, 2.24) is 9.55 Å². The molecule has 0 aliphatic carbocycles. The first kappa shape index (κ1) is 19.9. The topological polar surface area (TPSA) is 70.4 Å². The van der Waals surface area contributed by atoms with Crippen molar-refractivity contribution in [3.8, 4) is 0 Å². The zero-order chi connectivity index (χ0) is 19.6. The number of aromatic nitrogens is 2. The fourth-order valence-electron chi connectivity index (χ4n) is 3.20. The van der Waals surface area contributed by atoms with Crippen LogP contribution in [-0.2, 0) is 16.0 Å². The van der Waals surface area contributed by atoms with Gasteiger partial charge in [-0.15, -0.1) is 0 Å². The highest BCUT2D eigenvalue weighted by Gasteiger charge is 2.22. The summed E-state index contributed by atoms with van der Waals surface area (Å²) in [7, 11) is 0. The molecule has 1 saturated heterocycles. The maximum atomic E-state index is 12.6. The van der Waals surface area contributed by atoms with Crippen molar-refractivity contribution >= 4 is 35.0 Å². The molecule has 8 heteroatoms. The summed E-state index contributed by atoms with van der Waals surface area (Å²) in [6.07, 6.45) is 2.25. The molecule has 3 heterocycles. The number of esters is 1. The van der Waals surface area contributed by atoms with Crippen LogP contribution in [0.15, 0.2) is 18.2 Å². The van der Waals surface area contributed by atoms with E-state index >= 15 is 0 Å². The van der Waals surface area contributed by atoms with Gasteiger partial charge in [0.15, 0.2) is 12.3 Å². The minimum atomic E-state index is -0.788. The number of pyridine rings is 1. The summed E-state index contributed by atoms with van der Waals surface area (Å²) in [5.41, 5.74) is 2.23. The number of carbonyl (C=O) groups excluding carboxylic acids is 2. The van der Waals surface area contributed by atoms with E-state index in [1.54, 1.807) is 0 Å². The Kier molecular flexibility index (Phi) is 6.19. The van der Waals surface area contributed by atoms with E-state index in [0.717, 1.165) is 30.8 Å². The zero-order valence-electron chi connectivity index (χ0n) is 15.1. The number of hydrogen-bond acceptors (Lipinski definition) is 5. The van der Waals surface area contributed by atoms with Gasteiger partial charge in [-0.05, 0) is 44.9 Å². The Balaban J connectivity index is 1.67. The van der Waals surface area contributed by atoms with Crippen molar-refractivity contribution in [2.45, 2.75) is 39.3 Å². The van der Waals surface area contributed by atoms with Crippen molar-refractivity contribution in [2.75, 3.05) is 13.2 Å². The first-order valence-electron chi connectivity index (χ1n) is 8.67. The fourth-order valence-corrected chi connectivity index (χ4v) is 3.52. The third-order valence-corrected chi connectivity index (χ3v) is 5.14. The summed E-state index contributed by atoms with van der Waals surface area (Å²) in [4.78, 5) is 28.5. The molecular weight excluding hydrogens is 391 g/mol. The fraction of sp³-hybridized carbons (Fsp3) is 0.421. The van der Waals surface area contributed by atoms with Crippen LogP contribution in [0.4, 0.5) is 0 Å². The Morgan fingerprint density at radius 1 is 1.33 bits per heavy atom. The number of aryl methyl sites for hydroxylation is 1. The maximum Gasteiger partial charge on any atom is 0.359 e. The molecule has 1 unspecified atom stereocenters. The second kappa shape index (κ2) is 8.42. The van der Waals surface area contributed by atoms with E-state index in [1.165, 1.54) is 12.1 Å². The predicted molar refractivity (Wildman–Crippen MR) is 102 cm³/mol. The largest absolute Gasteiger partial charge is 0.453 e. The molecule has 6 nitrogen and oxygen atoms in total. The van der Waals surface area contributed by atoms with Crippen LogP contribution >= 0.6 is 23.2 Å². The molecule has 1 fully saturated rings. The predicted octanol–water partition coefficient (Wildman–Crippen LogP) is 4.03. The monoisotopic (exact) mass is 410 g/mol. The van der Waals surface area contributed by atoms with Crippen molar-refractivity contribution in [1.29, 1.82) is 0 Å². The number of halogens is 2. The number of ether oxygens (including phenoxy) is 2. The Morgan fingerprint density at radius 2 is 2.11 bits per heavy atom. The highest BCUT2D eigenvalue weighted by atomic mass is 35.5. The molecule has 2 aromatic heterocycles. The first-order chi connectivity index (χ1) is 12.9. The SMILES string of the molecule is Cc1cc(C(=O)COC(=O)c2nc(Cl)ccc2Cl)c(C)n1CC1CCCO1. The quantitative estimate of drug-likeness (QED) is 0.408. The van der Waals surface area contributed by atoms with Gasteiger partial charge in [0.25, 0.3) is 0 Å². The molecule has 0 radical (unpaired) electrons. The van der Waals surface area contributed by atoms with Crippen LogP contribution in [0.1, 0.15) is 45.1 Å². The van der Waals surface area contributed by atoms with Gasteiger partial charge in [0.1, 0.15) is 5.15 Å². The summed E-state index contributed by atoms with van der Waals surface area (Å²) in [6, 6.07) is 4.73. The lowest BCUT2D eigenvalue weighted by atomic mass is 10.1. The van der Waals surface area contributed by atoms with Gasteiger partial charge in [-0.25, -0.2) is 9.78 Å². The molecule has 1 atom stereocenters. The van der Waals surface area contributed by atoms with Crippen LogP contribution in [-0.4, -0.2) is 40.6 Å². The molecule has 0 bridgehead atoms. The number of hydrogen-bond donors (Lipinski definition) is 0. The number of Topliss-reactive ketones (excluding diaryl/α,β-unsaturated/α-hetero) is 1. The molecule has 1 aliphatic heterocycles. The lowest BCUT2D eigenvalue weighted by Crippen LogP contribution is -2.18. The normalized spacial score (nSPS) is 16.5. The Hall–Kier alpha value is -1.89. The van der Waals surface area contributed by atoms with Gasteiger partial charge < -0.3 is 14.0 Å². The van der Waals surface area contributed by atoms with Gasteiger partial charge in [-0.2, -0.15) is 0 Å².